The highest BCUT2D eigenvalue weighted by molar-refractivity contribution is 5.75. The van der Waals surface area contributed by atoms with E-state index in [1.807, 2.05) is 6.92 Å². The van der Waals surface area contributed by atoms with Crippen molar-refractivity contribution in [1.82, 2.24) is 9.78 Å². The largest absolute Gasteiger partial charge is 0.448 e. The molecule has 0 unspecified atom stereocenters. The van der Waals surface area contributed by atoms with Gasteiger partial charge in [0.2, 0.25) is 0 Å². The van der Waals surface area contributed by atoms with Crippen molar-refractivity contribution in [3.8, 4) is 11.5 Å². The van der Waals surface area contributed by atoms with Gasteiger partial charge in [0.15, 0.2) is 23.1 Å². The zero-order valence-electron chi connectivity index (χ0n) is 10.3. The van der Waals surface area contributed by atoms with E-state index in [1.165, 1.54) is 6.20 Å². The van der Waals surface area contributed by atoms with Gasteiger partial charge in [0.1, 0.15) is 6.29 Å². The molecule has 4 nitrogen and oxygen atoms in total. The van der Waals surface area contributed by atoms with Gasteiger partial charge in [0.05, 0.1) is 12.4 Å². The average molecular weight is 266 g/mol. The third-order valence-corrected chi connectivity index (χ3v) is 2.44. The van der Waals surface area contributed by atoms with Crippen molar-refractivity contribution in [3.05, 3.63) is 41.7 Å². The van der Waals surface area contributed by atoms with Gasteiger partial charge in [-0.25, -0.2) is 8.78 Å². The first-order chi connectivity index (χ1) is 9.13. The van der Waals surface area contributed by atoms with E-state index in [1.54, 1.807) is 10.9 Å². The summed E-state index contributed by atoms with van der Waals surface area (Å²) in [6.07, 6.45) is 4.19. The van der Waals surface area contributed by atoms with Crippen LogP contribution in [0, 0.1) is 11.6 Å². The van der Waals surface area contributed by atoms with Gasteiger partial charge >= 0.3 is 0 Å². The monoisotopic (exact) mass is 266 g/mol. The summed E-state index contributed by atoms with van der Waals surface area (Å²) in [5, 5.41) is 3.99. The fraction of sp³-hybridized carbons (Fsp3) is 0.231. The predicted octanol–water partition coefficient (Wildman–Crippen LogP) is 3.18. The van der Waals surface area contributed by atoms with Crippen LogP contribution in [0.4, 0.5) is 8.78 Å². The number of aryl methyl sites for hydroxylation is 1. The normalized spacial score (nSPS) is 10.5. The molecule has 1 heterocycles. The maximum Gasteiger partial charge on any atom is 0.198 e. The van der Waals surface area contributed by atoms with E-state index in [0.29, 0.717) is 12.8 Å². The summed E-state index contributed by atoms with van der Waals surface area (Å²) in [4.78, 5) is 10.5. The molecule has 0 saturated heterocycles. The summed E-state index contributed by atoms with van der Waals surface area (Å²) in [6, 6.07) is 1.84. The Labute approximate surface area is 108 Å². The first-order valence-electron chi connectivity index (χ1n) is 5.78. The molecule has 6 heteroatoms. The first kappa shape index (κ1) is 13.2. The molecule has 2 rings (SSSR count). The van der Waals surface area contributed by atoms with Gasteiger partial charge in [-0.05, 0) is 18.6 Å². The number of benzene rings is 1. The van der Waals surface area contributed by atoms with Crippen molar-refractivity contribution >= 4 is 6.29 Å². The third kappa shape index (κ3) is 2.96. The second kappa shape index (κ2) is 5.60. The Morgan fingerprint density at radius 1 is 1.37 bits per heavy atom. The van der Waals surface area contributed by atoms with E-state index < -0.39 is 17.4 Å². The molecule has 19 heavy (non-hydrogen) atoms. The van der Waals surface area contributed by atoms with Crippen LogP contribution in [0.25, 0.3) is 0 Å². The second-order valence-electron chi connectivity index (χ2n) is 3.97. The molecular weight excluding hydrogens is 254 g/mol. The lowest BCUT2D eigenvalue weighted by molar-refractivity contribution is 0.112. The lowest BCUT2D eigenvalue weighted by atomic mass is 10.2. The number of hydrogen-bond acceptors (Lipinski definition) is 3. The average Bonchev–Trinajstić information content (AvgIpc) is 2.81. The Kier molecular flexibility index (Phi) is 3.89. The van der Waals surface area contributed by atoms with Crippen LogP contribution in [0.15, 0.2) is 24.5 Å². The maximum absolute atomic E-state index is 13.6. The van der Waals surface area contributed by atoms with E-state index in [0.717, 1.165) is 18.6 Å². The standard InChI is InChI=1S/C13H12F2N2O2/c1-2-3-17-7-10(6-16-17)19-13-11(14)4-9(8-18)5-12(13)15/h4-8H,2-3H2,1H3. The summed E-state index contributed by atoms with van der Waals surface area (Å²) in [7, 11) is 0. The van der Waals surface area contributed by atoms with Crippen molar-refractivity contribution in [2.75, 3.05) is 0 Å². The molecule has 0 aliphatic rings. The van der Waals surface area contributed by atoms with E-state index in [2.05, 4.69) is 5.10 Å². The lowest BCUT2D eigenvalue weighted by Crippen LogP contribution is -1.96. The van der Waals surface area contributed by atoms with E-state index in [9.17, 15) is 13.6 Å². The van der Waals surface area contributed by atoms with Crippen LogP contribution in [0.3, 0.4) is 0 Å². The maximum atomic E-state index is 13.6. The van der Waals surface area contributed by atoms with Crippen molar-refractivity contribution in [3.63, 3.8) is 0 Å². The predicted molar refractivity (Wildman–Crippen MR) is 64.3 cm³/mol. The molecule has 0 aliphatic heterocycles. The third-order valence-electron chi connectivity index (χ3n) is 2.44. The van der Waals surface area contributed by atoms with Gasteiger partial charge in [-0.2, -0.15) is 5.10 Å². The van der Waals surface area contributed by atoms with E-state index in [4.69, 9.17) is 4.74 Å². The van der Waals surface area contributed by atoms with Crippen molar-refractivity contribution in [2.45, 2.75) is 19.9 Å². The van der Waals surface area contributed by atoms with Crippen LogP contribution < -0.4 is 4.74 Å². The number of aromatic nitrogens is 2. The SMILES string of the molecule is CCCn1cc(Oc2c(F)cc(C=O)cc2F)cn1. The smallest absolute Gasteiger partial charge is 0.198 e. The molecule has 0 amide bonds. The summed E-state index contributed by atoms with van der Waals surface area (Å²) >= 11 is 0. The van der Waals surface area contributed by atoms with Gasteiger partial charge in [0, 0.05) is 12.1 Å². The molecule has 2 aromatic rings. The van der Waals surface area contributed by atoms with Gasteiger partial charge in [-0.1, -0.05) is 6.92 Å². The number of carbonyl (C=O) groups is 1. The number of nitrogens with zero attached hydrogens (tertiary/aromatic N) is 2. The Hall–Kier alpha value is -2.24. The molecule has 0 spiro atoms. The molecule has 0 bridgehead atoms. The summed E-state index contributed by atoms with van der Waals surface area (Å²) < 4.78 is 33.9. The Bertz CT molecular complexity index is 573. The fourth-order valence-corrected chi connectivity index (χ4v) is 1.61. The van der Waals surface area contributed by atoms with Crippen molar-refractivity contribution < 1.29 is 18.3 Å². The topological polar surface area (TPSA) is 44.1 Å². The van der Waals surface area contributed by atoms with Crippen LogP contribution in [-0.2, 0) is 6.54 Å². The van der Waals surface area contributed by atoms with Gasteiger partial charge in [-0.15, -0.1) is 0 Å². The number of rotatable bonds is 5. The lowest BCUT2D eigenvalue weighted by Gasteiger charge is -2.06. The second-order valence-corrected chi connectivity index (χ2v) is 3.97. The van der Waals surface area contributed by atoms with Crippen LogP contribution in [-0.4, -0.2) is 16.1 Å². The van der Waals surface area contributed by atoms with Crippen LogP contribution >= 0.6 is 0 Å². The quantitative estimate of drug-likeness (QED) is 0.781. The number of halogens is 2. The minimum absolute atomic E-state index is 0.0796. The summed E-state index contributed by atoms with van der Waals surface area (Å²) in [5.74, 6) is -2.15. The molecule has 0 N–H and O–H groups in total. The summed E-state index contributed by atoms with van der Waals surface area (Å²) in [6.45, 7) is 2.68. The van der Waals surface area contributed by atoms with E-state index >= 15 is 0 Å². The molecular formula is C13H12F2N2O2. The number of ether oxygens (including phenoxy) is 1. The zero-order chi connectivity index (χ0) is 13.8. The molecule has 1 aromatic carbocycles. The molecule has 0 atom stereocenters. The first-order valence-corrected chi connectivity index (χ1v) is 5.78. The number of hydrogen-bond donors (Lipinski definition) is 0. The molecule has 1 aromatic heterocycles. The Balaban J connectivity index is 2.24. The number of aldehydes is 1. The fourth-order valence-electron chi connectivity index (χ4n) is 1.61. The van der Waals surface area contributed by atoms with Gasteiger partial charge < -0.3 is 4.74 Å². The van der Waals surface area contributed by atoms with Crippen molar-refractivity contribution in [2.24, 2.45) is 0 Å². The van der Waals surface area contributed by atoms with Crippen molar-refractivity contribution in [1.29, 1.82) is 0 Å². The highest BCUT2D eigenvalue weighted by Crippen LogP contribution is 2.28. The molecule has 0 fully saturated rings. The van der Waals surface area contributed by atoms with Crippen LogP contribution in [0.2, 0.25) is 0 Å². The van der Waals surface area contributed by atoms with Gasteiger partial charge in [-0.3, -0.25) is 9.48 Å². The number of carbonyl (C=O) groups excluding carboxylic acids is 1. The summed E-state index contributed by atoms with van der Waals surface area (Å²) in [5.41, 5.74) is -0.0796. The van der Waals surface area contributed by atoms with Crippen LogP contribution in [0.1, 0.15) is 23.7 Å². The molecule has 0 aliphatic carbocycles. The molecule has 0 saturated carbocycles. The molecule has 0 radical (unpaired) electrons. The van der Waals surface area contributed by atoms with Crippen LogP contribution in [0.5, 0.6) is 11.5 Å². The Morgan fingerprint density at radius 2 is 2.05 bits per heavy atom. The Morgan fingerprint density at radius 3 is 2.63 bits per heavy atom. The zero-order valence-corrected chi connectivity index (χ0v) is 10.3. The minimum atomic E-state index is -0.926. The highest BCUT2D eigenvalue weighted by Gasteiger charge is 2.14. The van der Waals surface area contributed by atoms with Gasteiger partial charge in [0.25, 0.3) is 0 Å². The molecule has 100 valence electrons. The highest BCUT2D eigenvalue weighted by atomic mass is 19.1. The minimum Gasteiger partial charge on any atom is -0.448 e. The van der Waals surface area contributed by atoms with E-state index in [-0.39, 0.29) is 11.3 Å².